The van der Waals surface area contributed by atoms with E-state index in [0.29, 0.717) is 10.9 Å². The molecule has 0 aliphatic carbocycles. The van der Waals surface area contributed by atoms with E-state index < -0.39 is 0 Å². The van der Waals surface area contributed by atoms with Gasteiger partial charge in [0.2, 0.25) is 5.88 Å². The van der Waals surface area contributed by atoms with Crippen LogP contribution in [-0.4, -0.2) is 11.5 Å². The Morgan fingerprint density at radius 3 is 2.76 bits per heavy atom. The van der Waals surface area contributed by atoms with Crippen LogP contribution in [0.15, 0.2) is 36.5 Å². The fourth-order valence-corrected chi connectivity index (χ4v) is 2.21. The third kappa shape index (κ3) is 4.73. The largest absolute Gasteiger partial charge is 0.438 e. The van der Waals surface area contributed by atoms with Crippen LogP contribution in [0, 0.1) is 0 Å². The van der Waals surface area contributed by atoms with Crippen molar-refractivity contribution in [3.63, 3.8) is 0 Å². The summed E-state index contributed by atoms with van der Waals surface area (Å²) < 4.78 is 5.77. The molecule has 2 aromatic rings. The van der Waals surface area contributed by atoms with Gasteiger partial charge < -0.3 is 10.1 Å². The van der Waals surface area contributed by atoms with Crippen LogP contribution in [0.3, 0.4) is 0 Å². The lowest BCUT2D eigenvalue weighted by molar-refractivity contribution is 0.462. The molecule has 0 aliphatic heterocycles. The molecule has 0 saturated carbocycles. The molecular formula is C17H21ClN2O. The van der Waals surface area contributed by atoms with Crippen molar-refractivity contribution in [2.75, 3.05) is 6.54 Å². The molecule has 3 nitrogen and oxygen atoms in total. The molecule has 2 rings (SSSR count). The Morgan fingerprint density at radius 1 is 1.19 bits per heavy atom. The maximum atomic E-state index is 6.25. The topological polar surface area (TPSA) is 34.2 Å². The average molecular weight is 305 g/mol. The lowest BCUT2D eigenvalue weighted by atomic mass is 10.2. The lowest BCUT2D eigenvalue weighted by Crippen LogP contribution is -2.13. The van der Waals surface area contributed by atoms with Gasteiger partial charge in [-0.25, -0.2) is 4.98 Å². The van der Waals surface area contributed by atoms with Crippen LogP contribution in [0.5, 0.6) is 11.6 Å². The molecule has 0 atom stereocenters. The molecule has 0 amide bonds. The summed E-state index contributed by atoms with van der Waals surface area (Å²) in [6, 6.07) is 9.87. The number of hydrogen-bond acceptors (Lipinski definition) is 3. The number of benzene rings is 1. The molecule has 4 heteroatoms. The van der Waals surface area contributed by atoms with Gasteiger partial charge in [0.05, 0.1) is 0 Å². The van der Waals surface area contributed by atoms with Gasteiger partial charge in [-0.15, -0.1) is 0 Å². The standard InChI is InChI=1S/C17H21ClN2O/c1-3-8-19-11-14-10-16(18)17(20-12-14)21-15-7-5-6-13(4-2)9-15/h5-7,9-10,12,19H,3-4,8,11H2,1-2H3. The van der Waals surface area contributed by atoms with E-state index in [9.17, 15) is 0 Å². The summed E-state index contributed by atoms with van der Waals surface area (Å²) in [5, 5.41) is 3.86. The molecule has 112 valence electrons. The zero-order valence-corrected chi connectivity index (χ0v) is 13.3. The quantitative estimate of drug-likeness (QED) is 0.760. The second-order valence-electron chi connectivity index (χ2n) is 4.91. The smallest absolute Gasteiger partial charge is 0.238 e. The zero-order valence-electron chi connectivity index (χ0n) is 12.5. The zero-order chi connectivity index (χ0) is 15.1. The number of nitrogens with zero attached hydrogens (tertiary/aromatic N) is 1. The lowest BCUT2D eigenvalue weighted by Gasteiger charge is -2.09. The highest BCUT2D eigenvalue weighted by Crippen LogP contribution is 2.28. The van der Waals surface area contributed by atoms with E-state index in [1.807, 2.05) is 24.3 Å². The van der Waals surface area contributed by atoms with Gasteiger partial charge in [-0.1, -0.05) is 37.6 Å². The molecule has 21 heavy (non-hydrogen) atoms. The van der Waals surface area contributed by atoms with Gasteiger partial charge in [-0.3, -0.25) is 0 Å². The minimum atomic E-state index is 0.448. The van der Waals surface area contributed by atoms with E-state index in [1.54, 1.807) is 6.20 Å². The summed E-state index contributed by atoms with van der Waals surface area (Å²) >= 11 is 6.25. The number of ether oxygens (including phenoxy) is 1. The van der Waals surface area contributed by atoms with Crippen LogP contribution >= 0.6 is 11.6 Å². The maximum absolute atomic E-state index is 6.25. The molecular weight excluding hydrogens is 284 g/mol. The normalized spacial score (nSPS) is 10.6. The van der Waals surface area contributed by atoms with E-state index in [1.165, 1.54) is 5.56 Å². The monoisotopic (exact) mass is 304 g/mol. The third-order valence-electron chi connectivity index (χ3n) is 3.14. The van der Waals surface area contributed by atoms with Crippen molar-refractivity contribution in [2.45, 2.75) is 33.2 Å². The van der Waals surface area contributed by atoms with Crippen molar-refractivity contribution in [2.24, 2.45) is 0 Å². The van der Waals surface area contributed by atoms with Crippen molar-refractivity contribution in [3.05, 3.63) is 52.7 Å². The Morgan fingerprint density at radius 2 is 2.05 bits per heavy atom. The summed E-state index contributed by atoms with van der Waals surface area (Å²) in [7, 11) is 0. The number of aryl methyl sites for hydroxylation is 1. The first-order chi connectivity index (χ1) is 10.2. The number of aromatic nitrogens is 1. The summed E-state index contributed by atoms with van der Waals surface area (Å²) in [5.74, 6) is 1.21. The van der Waals surface area contributed by atoms with Crippen LogP contribution < -0.4 is 10.1 Å². The predicted octanol–water partition coefficient (Wildman–Crippen LogP) is 4.59. The van der Waals surface area contributed by atoms with Gasteiger partial charge in [0.1, 0.15) is 10.8 Å². The highest BCUT2D eigenvalue weighted by Gasteiger charge is 2.06. The van der Waals surface area contributed by atoms with E-state index in [4.69, 9.17) is 16.3 Å². The number of nitrogens with one attached hydrogen (secondary N) is 1. The van der Waals surface area contributed by atoms with Crippen molar-refractivity contribution < 1.29 is 4.74 Å². The molecule has 0 radical (unpaired) electrons. The Balaban J connectivity index is 2.06. The predicted molar refractivity (Wildman–Crippen MR) is 87.1 cm³/mol. The molecule has 0 saturated heterocycles. The minimum absolute atomic E-state index is 0.448. The summed E-state index contributed by atoms with van der Waals surface area (Å²) in [5.41, 5.74) is 2.28. The molecule has 1 aromatic heterocycles. The van der Waals surface area contributed by atoms with Crippen LogP contribution in [0.4, 0.5) is 0 Å². The Labute approximate surface area is 131 Å². The molecule has 0 spiro atoms. The van der Waals surface area contributed by atoms with E-state index in [0.717, 1.165) is 37.2 Å². The van der Waals surface area contributed by atoms with E-state index in [2.05, 4.69) is 30.2 Å². The van der Waals surface area contributed by atoms with Crippen LogP contribution in [0.2, 0.25) is 5.02 Å². The summed E-state index contributed by atoms with van der Waals surface area (Å²) in [6.07, 6.45) is 3.88. The number of pyridine rings is 1. The van der Waals surface area contributed by atoms with E-state index >= 15 is 0 Å². The van der Waals surface area contributed by atoms with Gasteiger partial charge in [-0.05, 0) is 48.7 Å². The molecule has 0 unspecified atom stereocenters. The van der Waals surface area contributed by atoms with Crippen LogP contribution in [0.25, 0.3) is 0 Å². The fraction of sp³-hybridized carbons (Fsp3) is 0.353. The second kappa shape index (κ2) is 8.01. The molecule has 0 fully saturated rings. The highest BCUT2D eigenvalue weighted by atomic mass is 35.5. The first-order valence-electron chi connectivity index (χ1n) is 7.34. The van der Waals surface area contributed by atoms with Gasteiger partial charge in [0.25, 0.3) is 0 Å². The second-order valence-corrected chi connectivity index (χ2v) is 5.32. The Hall–Kier alpha value is -1.58. The van der Waals surface area contributed by atoms with Crippen molar-refractivity contribution >= 4 is 11.6 Å². The first-order valence-corrected chi connectivity index (χ1v) is 7.72. The Bertz CT molecular complexity index is 587. The molecule has 1 aromatic carbocycles. The van der Waals surface area contributed by atoms with Crippen LogP contribution in [-0.2, 0) is 13.0 Å². The molecule has 1 heterocycles. The molecule has 1 N–H and O–H groups in total. The van der Waals surface area contributed by atoms with Gasteiger partial charge in [-0.2, -0.15) is 0 Å². The van der Waals surface area contributed by atoms with Crippen LogP contribution in [0.1, 0.15) is 31.4 Å². The number of rotatable bonds is 7. The van der Waals surface area contributed by atoms with Crippen molar-refractivity contribution in [3.8, 4) is 11.6 Å². The maximum Gasteiger partial charge on any atom is 0.238 e. The molecule has 0 bridgehead atoms. The molecule has 0 aliphatic rings. The van der Waals surface area contributed by atoms with Gasteiger partial charge >= 0.3 is 0 Å². The number of hydrogen-bond donors (Lipinski definition) is 1. The summed E-state index contributed by atoms with van der Waals surface area (Å²) in [4.78, 5) is 4.31. The van der Waals surface area contributed by atoms with Crippen molar-refractivity contribution in [1.29, 1.82) is 0 Å². The number of halogens is 1. The average Bonchev–Trinajstić information content (AvgIpc) is 2.50. The van der Waals surface area contributed by atoms with Gasteiger partial charge in [0, 0.05) is 12.7 Å². The van der Waals surface area contributed by atoms with Crippen molar-refractivity contribution in [1.82, 2.24) is 10.3 Å². The summed E-state index contributed by atoms with van der Waals surface area (Å²) in [6.45, 7) is 6.01. The SMILES string of the molecule is CCCNCc1cnc(Oc2cccc(CC)c2)c(Cl)c1. The highest BCUT2D eigenvalue weighted by molar-refractivity contribution is 6.31. The first kappa shape index (κ1) is 15.8. The fourth-order valence-electron chi connectivity index (χ4n) is 1.99. The van der Waals surface area contributed by atoms with Gasteiger partial charge in [0.15, 0.2) is 0 Å². The third-order valence-corrected chi connectivity index (χ3v) is 3.41. The van der Waals surface area contributed by atoms with E-state index in [-0.39, 0.29) is 0 Å². The minimum Gasteiger partial charge on any atom is -0.438 e. The Kier molecular flexibility index (Phi) is 6.03.